The van der Waals surface area contributed by atoms with E-state index in [0.717, 1.165) is 16.7 Å². The van der Waals surface area contributed by atoms with Crippen molar-refractivity contribution < 1.29 is 0 Å². The minimum absolute atomic E-state index is 0.203. The molecule has 17 heavy (non-hydrogen) atoms. The van der Waals surface area contributed by atoms with Crippen LogP contribution in [0.25, 0.3) is 0 Å². The van der Waals surface area contributed by atoms with E-state index in [1.807, 2.05) is 24.0 Å². The van der Waals surface area contributed by atoms with Crippen LogP contribution in [0, 0.1) is 0 Å². The van der Waals surface area contributed by atoms with Crippen molar-refractivity contribution in [1.29, 1.82) is 0 Å². The minimum Gasteiger partial charge on any atom is -0.271 e. The fraction of sp³-hybridized carbons (Fsp3) is 0.750. The quantitative estimate of drug-likeness (QED) is 0.623. The Bertz CT molecular complexity index is 333. The summed E-state index contributed by atoms with van der Waals surface area (Å²) < 4.78 is 1.89. The van der Waals surface area contributed by atoms with E-state index in [1.165, 1.54) is 32.1 Å². The van der Waals surface area contributed by atoms with Gasteiger partial charge in [0, 0.05) is 24.2 Å². The van der Waals surface area contributed by atoms with Gasteiger partial charge in [0.1, 0.15) is 0 Å². The van der Waals surface area contributed by atoms with Gasteiger partial charge in [0.25, 0.3) is 0 Å². The predicted octanol–water partition coefficient (Wildman–Crippen LogP) is 1.99. The molecule has 0 amide bonds. The number of nitrogens with two attached hydrogens (primary N) is 1. The Kier molecular flexibility index (Phi) is 4.88. The van der Waals surface area contributed by atoms with Crippen LogP contribution in [0.1, 0.15) is 43.8 Å². The van der Waals surface area contributed by atoms with Crippen molar-refractivity contribution >= 4 is 11.8 Å². The first-order valence-corrected chi connectivity index (χ1v) is 7.41. The van der Waals surface area contributed by atoms with Gasteiger partial charge in [-0.15, -0.1) is 0 Å². The molecule has 2 rings (SSSR count). The van der Waals surface area contributed by atoms with Crippen molar-refractivity contribution in [3.8, 4) is 0 Å². The van der Waals surface area contributed by atoms with E-state index in [1.54, 1.807) is 0 Å². The number of hydrogen-bond donors (Lipinski definition) is 2. The molecule has 1 heterocycles. The third-order valence-corrected chi connectivity index (χ3v) is 4.94. The van der Waals surface area contributed by atoms with Crippen LogP contribution < -0.4 is 11.3 Å². The van der Waals surface area contributed by atoms with Gasteiger partial charge >= 0.3 is 0 Å². The second kappa shape index (κ2) is 6.42. The first-order chi connectivity index (χ1) is 8.31. The molecule has 1 unspecified atom stereocenters. The maximum Gasteiger partial charge on any atom is 0.0719 e. The van der Waals surface area contributed by atoms with Gasteiger partial charge in [-0.05, 0) is 18.9 Å². The second-order valence-electron chi connectivity index (χ2n) is 4.69. The number of hydrazine groups is 1. The smallest absolute Gasteiger partial charge is 0.0719 e. The first kappa shape index (κ1) is 12.9. The van der Waals surface area contributed by atoms with Gasteiger partial charge in [-0.25, -0.2) is 0 Å². The second-order valence-corrected chi connectivity index (χ2v) is 6.03. The van der Waals surface area contributed by atoms with Crippen LogP contribution in [0.3, 0.4) is 0 Å². The summed E-state index contributed by atoms with van der Waals surface area (Å²) in [6, 6.07) is 2.24. The van der Waals surface area contributed by atoms with Gasteiger partial charge in [-0.2, -0.15) is 16.9 Å². The summed E-state index contributed by atoms with van der Waals surface area (Å²) in [5.41, 5.74) is 4.07. The number of aryl methyl sites for hydroxylation is 1. The summed E-state index contributed by atoms with van der Waals surface area (Å²) >= 11 is 2.05. The molecule has 1 atom stereocenters. The number of aromatic nitrogens is 2. The summed E-state index contributed by atoms with van der Waals surface area (Å²) in [6.07, 6.45) is 8.76. The summed E-state index contributed by atoms with van der Waals surface area (Å²) in [5.74, 6) is 6.67. The monoisotopic (exact) mass is 254 g/mol. The molecule has 0 bridgehead atoms. The number of nitrogens with zero attached hydrogens (tertiary/aromatic N) is 2. The average molecular weight is 254 g/mol. The molecule has 5 heteroatoms. The minimum atomic E-state index is 0.203. The van der Waals surface area contributed by atoms with Crippen LogP contribution in [0.2, 0.25) is 0 Å². The van der Waals surface area contributed by atoms with Crippen molar-refractivity contribution in [2.24, 2.45) is 12.9 Å². The molecule has 1 aromatic rings. The number of thioether (sulfide) groups is 1. The predicted molar refractivity (Wildman–Crippen MR) is 72.6 cm³/mol. The molecule has 0 saturated heterocycles. The van der Waals surface area contributed by atoms with Crippen molar-refractivity contribution in [3.05, 3.63) is 18.0 Å². The van der Waals surface area contributed by atoms with Gasteiger partial charge in [0.2, 0.25) is 0 Å². The van der Waals surface area contributed by atoms with Crippen LogP contribution in [0.4, 0.5) is 0 Å². The summed E-state index contributed by atoms with van der Waals surface area (Å²) in [7, 11) is 1.96. The number of nitrogens with one attached hydrogen (secondary N) is 1. The third-order valence-electron chi connectivity index (χ3n) is 3.47. The summed E-state index contributed by atoms with van der Waals surface area (Å²) in [4.78, 5) is 0. The molecule has 4 nitrogen and oxygen atoms in total. The molecule has 1 aliphatic rings. The van der Waals surface area contributed by atoms with Crippen LogP contribution in [-0.2, 0) is 7.05 Å². The lowest BCUT2D eigenvalue weighted by Crippen LogP contribution is -2.31. The van der Waals surface area contributed by atoms with E-state index >= 15 is 0 Å². The van der Waals surface area contributed by atoms with Crippen molar-refractivity contribution in [1.82, 2.24) is 15.2 Å². The Labute approximate surface area is 107 Å². The van der Waals surface area contributed by atoms with Gasteiger partial charge in [-0.3, -0.25) is 16.0 Å². The zero-order valence-electron chi connectivity index (χ0n) is 10.4. The first-order valence-electron chi connectivity index (χ1n) is 6.37. The van der Waals surface area contributed by atoms with Crippen LogP contribution in [0.15, 0.2) is 12.3 Å². The van der Waals surface area contributed by atoms with E-state index < -0.39 is 0 Å². The highest BCUT2D eigenvalue weighted by molar-refractivity contribution is 7.99. The normalized spacial score (nSPS) is 19.4. The van der Waals surface area contributed by atoms with Crippen LogP contribution in [0.5, 0.6) is 0 Å². The Balaban J connectivity index is 1.85. The molecular formula is C12H22N4S. The van der Waals surface area contributed by atoms with E-state index in [9.17, 15) is 0 Å². The molecule has 0 aliphatic heterocycles. The highest BCUT2D eigenvalue weighted by Crippen LogP contribution is 2.30. The molecule has 1 aromatic heterocycles. The molecule has 0 aromatic carbocycles. The highest BCUT2D eigenvalue weighted by atomic mass is 32.2. The van der Waals surface area contributed by atoms with E-state index in [2.05, 4.69) is 22.3 Å². The lowest BCUT2D eigenvalue weighted by Gasteiger charge is -2.23. The Morgan fingerprint density at radius 1 is 1.53 bits per heavy atom. The molecule has 96 valence electrons. The molecule has 1 aliphatic carbocycles. The van der Waals surface area contributed by atoms with Crippen molar-refractivity contribution in [2.75, 3.05) is 5.75 Å². The van der Waals surface area contributed by atoms with E-state index in [-0.39, 0.29) is 6.04 Å². The van der Waals surface area contributed by atoms with Gasteiger partial charge < -0.3 is 0 Å². The van der Waals surface area contributed by atoms with Gasteiger partial charge in [0.05, 0.1) is 11.7 Å². The SMILES string of the molecule is Cn1nccc1C(CSC1CCCCC1)NN. The molecular weight excluding hydrogens is 232 g/mol. The maximum absolute atomic E-state index is 5.64. The Morgan fingerprint density at radius 3 is 2.88 bits per heavy atom. The topological polar surface area (TPSA) is 55.9 Å². The van der Waals surface area contributed by atoms with Gasteiger partial charge in [0.15, 0.2) is 0 Å². The number of rotatable bonds is 5. The largest absolute Gasteiger partial charge is 0.271 e. The average Bonchev–Trinajstić information content (AvgIpc) is 2.78. The van der Waals surface area contributed by atoms with Crippen molar-refractivity contribution in [3.63, 3.8) is 0 Å². The van der Waals surface area contributed by atoms with Crippen LogP contribution >= 0.6 is 11.8 Å². The molecule has 1 fully saturated rings. The van der Waals surface area contributed by atoms with Crippen LogP contribution in [-0.4, -0.2) is 20.8 Å². The third kappa shape index (κ3) is 3.47. The highest BCUT2D eigenvalue weighted by Gasteiger charge is 2.18. The standard InChI is InChI=1S/C12H22N4S/c1-16-12(7-8-14-16)11(15-13)9-17-10-5-3-2-4-6-10/h7-8,10-11,15H,2-6,9,13H2,1H3. The zero-order chi connectivity index (χ0) is 12.1. The van der Waals surface area contributed by atoms with E-state index in [0.29, 0.717) is 0 Å². The fourth-order valence-corrected chi connectivity index (χ4v) is 3.81. The van der Waals surface area contributed by atoms with E-state index in [4.69, 9.17) is 5.84 Å². The number of hydrogen-bond acceptors (Lipinski definition) is 4. The maximum atomic E-state index is 5.64. The molecule has 0 spiro atoms. The fourth-order valence-electron chi connectivity index (χ4n) is 2.41. The summed E-state index contributed by atoms with van der Waals surface area (Å²) in [6.45, 7) is 0. The zero-order valence-corrected chi connectivity index (χ0v) is 11.2. The molecule has 1 saturated carbocycles. The van der Waals surface area contributed by atoms with Crippen molar-refractivity contribution in [2.45, 2.75) is 43.4 Å². The lowest BCUT2D eigenvalue weighted by molar-refractivity contribution is 0.512. The Morgan fingerprint density at radius 2 is 2.29 bits per heavy atom. The molecule has 3 N–H and O–H groups in total. The van der Waals surface area contributed by atoms with Gasteiger partial charge in [-0.1, -0.05) is 19.3 Å². The lowest BCUT2D eigenvalue weighted by atomic mass is 10.0. The Hall–Kier alpha value is -0.520. The summed E-state index contributed by atoms with van der Waals surface area (Å²) in [5, 5.41) is 5.02. The molecule has 0 radical (unpaired) electrons.